The number of aromatic nitrogens is 2. The fourth-order valence-corrected chi connectivity index (χ4v) is 6.39. The van der Waals surface area contributed by atoms with Crippen molar-refractivity contribution in [2.24, 2.45) is 21.6 Å². The van der Waals surface area contributed by atoms with Gasteiger partial charge in [0.1, 0.15) is 18.1 Å². The molecule has 0 aliphatic carbocycles. The van der Waals surface area contributed by atoms with Gasteiger partial charge in [-0.2, -0.15) is 4.98 Å². The van der Waals surface area contributed by atoms with E-state index in [1.54, 1.807) is 34.6 Å². The van der Waals surface area contributed by atoms with Crippen LogP contribution in [0, 0.1) is 11.3 Å². The molecule has 0 bridgehead atoms. The van der Waals surface area contributed by atoms with Gasteiger partial charge in [0.25, 0.3) is 0 Å². The van der Waals surface area contributed by atoms with Gasteiger partial charge in [-0.15, -0.1) is 0 Å². The lowest BCUT2D eigenvalue weighted by atomic mass is 9.94. The normalized spacial score (nSPS) is 22.2. The third-order valence-electron chi connectivity index (χ3n) is 6.07. The zero-order valence-corrected chi connectivity index (χ0v) is 26.9. The number of thioether (sulfide) groups is 1. The van der Waals surface area contributed by atoms with E-state index in [1.165, 1.54) is 19.2 Å². The van der Waals surface area contributed by atoms with Crippen molar-refractivity contribution in [1.29, 1.82) is 0 Å². The van der Waals surface area contributed by atoms with Crippen molar-refractivity contribution < 1.29 is 32.7 Å². The van der Waals surface area contributed by atoms with Crippen molar-refractivity contribution in [1.82, 2.24) is 14.6 Å². The largest absolute Gasteiger partial charge is 0.462 e. The third kappa shape index (κ3) is 10.6. The van der Waals surface area contributed by atoms with Crippen LogP contribution in [0.3, 0.4) is 0 Å². The van der Waals surface area contributed by atoms with E-state index in [-0.39, 0.29) is 29.9 Å². The fourth-order valence-electron chi connectivity index (χ4n) is 4.01. The highest BCUT2D eigenvalue weighted by molar-refractivity contribution is 8.13. The summed E-state index contributed by atoms with van der Waals surface area (Å²) in [4.78, 5) is 46.6. The third-order valence-corrected chi connectivity index (χ3v) is 9.03. The second kappa shape index (κ2) is 16.2. The number of hydrogen-bond donors (Lipinski definition) is 1. The summed E-state index contributed by atoms with van der Waals surface area (Å²) in [6, 6.07) is -0.651. The summed E-state index contributed by atoms with van der Waals surface area (Å²) in [6.45, 7) is 11.5. The van der Waals surface area contributed by atoms with Crippen molar-refractivity contribution in [3.8, 4) is 0 Å². The smallest absolute Gasteiger partial charge is 0.406 e. The lowest BCUT2D eigenvalue weighted by molar-refractivity contribution is -0.149. The number of ether oxygens (including phenoxy) is 2. The van der Waals surface area contributed by atoms with Crippen molar-refractivity contribution in [2.45, 2.75) is 85.4 Å². The van der Waals surface area contributed by atoms with Crippen LogP contribution in [0.1, 0.15) is 61.1 Å². The number of rotatable bonds is 15. The molecule has 1 aliphatic rings. The van der Waals surface area contributed by atoms with Gasteiger partial charge in [0.05, 0.1) is 31.5 Å². The van der Waals surface area contributed by atoms with E-state index in [2.05, 4.69) is 30.1 Å². The van der Waals surface area contributed by atoms with Gasteiger partial charge in [0, 0.05) is 33.1 Å². The van der Waals surface area contributed by atoms with Gasteiger partial charge in [0.2, 0.25) is 0 Å². The topological polar surface area (TPSA) is 233 Å². The molecule has 1 fully saturated rings. The minimum Gasteiger partial charge on any atom is -0.462 e. The molecule has 1 saturated heterocycles. The molecule has 0 aromatic carbocycles. The van der Waals surface area contributed by atoms with Gasteiger partial charge in [-0.1, -0.05) is 51.0 Å². The second-order valence-corrected chi connectivity index (χ2v) is 13.7. The van der Waals surface area contributed by atoms with Crippen LogP contribution in [0.5, 0.6) is 0 Å². The first-order valence-corrected chi connectivity index (χ1v) is 16.1. The molecule has 2 rings (SSSR count). The average Bonchev–Trinajstić information content (AvgIpc) is 3.26. The first kappa shape index (κ1) is 36.3. The Morgan fingerprint density at radius 1 is 1.26 bits per heavy atom. The Balaban J connectivity index is 2.27. The fraction of sp³-hybridized carbons (Fsp3) is 0.750. The van der Waals surface area contributed by atoms with E-state index in [1.807, 2.05) is 6.92 Å². The first-order valence-electron chi connectivity index (χ1n) is 13.5. The number of carbonyl (C=O) groups excluding carboxylic acids is 2. The van der Waals surface area contributed by atoms with Crippen LogP contribution in [0.25, 0.3) is 20.9 Å². The first-order chi connectivity index (χ1) is 20.2. The molecule has 17 nitrogen and oxygen atoms in total. The van der Waals surface area contributed by atoms with Crippen LogP contribution in [0.15, 0.2) is 27.3 Å². The number of azide groups is 2. The summed E-state index contributed by atoms with van der Waals surface area (Å²) in [5.41, 5.74) is 16.5. The minimum absolute atomic E-state index is 0.0776. The molecule has 43 heavy (non-hydrogen) atoms. The van der Waals surface area contributed by atoms with Crippen LogP contribution in [-0.4, -0.2) is 63.9 Å². The van der Waals surface area contributed by atoms with Crippen molar-refractivity contribution in [2.75, 3.05) is 19.0 Å². The van der Waals surface area contributed by atoms with Crippen LogP contribution in [0.4, 0.5) is 5.82 Å². The molecule has 1 aromatic rings. The number of carbonyl (C=O) groups is 2. The maximum Gasteiger partial charge on any atom is 0.406 e. The Hall–Kier alpha value is -2.94. The Bertz CT molecular complexity index is 1340. The van der Waals surface area contributed by atoms with Crippen LogP contribution in [-0.2, 0) is 32.7 Å². The lowest BCUT2D eigenvalue weighted by Crippen LogP contribution is -2.36. The highest BCUT2D eigenvalue weighted by atomic mass is 32.2. The molecule has 1 aromatic heterocycles. The van der Waals surface area contributed by atoms with Gasteiger partial charge in [-0.25, -0.2) is 14.4 Å². The predicted octanol–water partition coefficient (Wildman–Crippen LogP) is 5.16. The summed E-state index contributed by atoms with van der Waals surface area (Å²) < 4.78 is 37.5. The SMILES string of the molecule is CC[C@H]1[C@@H](N=[N+]=[N-])[C@H](n2ccc(N=[N+]=[N-])nc2=O)O[C@@H]1CO[P@@](=O)(N[C@@H](C)C(=O)OC(C)C)OCCSC(=O)C(C)(C)C. The molecule has 0 radical (unpaired) electrons. The van der Waals surface area contributed by atoms with E-state index in [0.29, 0.717) is 6.42 Å². The molecule has 1 aliphatic heterocycles. The van der Waals surface area contributed by atoms with Gasteiger partial charge >= 0.3 is 19.4 Å². The van der Waals surface area contributed by atoms with Gasteiger partial charge in [-0.3, -0.25) is 23.2 Å². The monoisotopic (exact) mass is 643 g/mol. The summed E-state index contributed by atoms with van der Waals surface area (Å²) in [5, 5.41) is 9.65. The molecule has 6 atom stereocenters. The molecule has 1 N–H and O–H groups in total. The molecule has 19 heteroatoms. The quantitative estimate of drug-likeness (QED) is 0.0654. The molecule has 0 unspecified atom stereocenters. The van der Waals surface area contributed by atoms with E-state index < -0.39 is 61.3 Å². The standard InChI is InChI=1S/C24H38N9O8PS/c1-8-16-17(41-20(19(16)29-32-26)33-10-9-18(28-31-25)27-23(33)36)13-39-42(37,30-15(4)21(34)40-14(2)3)38-11-12-43-22(35)24(5,6)7/h9-10,14-17,19-20H,8,11-13H2,1-7H3,(H,30,37)/t15-,16+,17+,19+,20+,42+/m0/s1. The van der Waals surface area contributed by atoms with Gasteiger partial charge in [0.15, 0.2) is 5.12 Å². The Kier molecular flexibility index (Phi) is 13.7. The van der Waals surface area contributed by atoms with E-state index in [4.69, 9.17) is 24.1 Å². The average molecular weight is 644 g/mol. The van der Waals surface area contributed by atoms with Crippen molar-refractivity contribution >= 4 is 36.4 Å². The number of nitrogens with zero attached hydrogens (tertiary/aromatic N) is 8. The predicted molar refractivity (Wildman–Crippen MR) is 158 cm³/mol. The highest BCUT2D eigenvalue weighted by Gasteiger charge is 2.46. The Morgan fingerprint density at radius 3 is 2.51 bits per heavy atom. The molecule has 0 amide bonds. The highest BCUT2D eigenvalue weighted by Crippen LogP contribution is 2.47. The lowest BCUT2D eigenvalue weighted by Gasteiger charge is -2.25. The van der Waals surface area contributed by atoms with Crippen molar-refractivity contribution in [3.05, 3.63) is 43.6 Å². The minimum atomic E-state index is -4.20. The summed E-state index contributed by atoms with van der Waals surface area (Å²) >= 11 is 1.02. The zero-order chi connectivity index (χ0) is 32.4. The van der Waals surface area contributed by atoms with Crippen LogP contribution < -0.4 is 10.8 Å². The summed E-state index contributed by atoms with van der Waals surface area (Å²) in [6.07, 6.45) is -0.615. The molecule has 238 valence electrons. The number of hydrogen-bond acceptors (Lipinski definition) is 12. The molecule has 0 spiro atoms. The summed E-state index contributed by atoms with van der Waals surface area (Å²) in [7, 11) is -4.20. The van der Waals surface area contributed by atoms with Gasteiger partial charge in [-0.05, 0) is 43.0 Å². The zero-order valence-electron chi connectivity index (χ0n) is 25.1. The van der Waals surface area contributed by atoms with Crippen LogP contribution >= 0.6 is 19.5 Å². The molecule has 0 saturated carbocycles. The number of esters is 1. The van der Waals surface area contributed by atoms with E-state index in [0.717, 1.165) is 16.3 Å². The van der Waals surface area contributed by atoms with E-state index in [9.17, 15) is 24.5 Å². The molecular weight excluding hydrogens is 605 g/mol. The summed E-state index contributed by atoms with van der Waals surface area (Å²) in [5.74, 6) is -1.13. The maximum absolute atomic E-state index is 13.8. The number of nitrogens with one attached hydrogen (secondary N) is 1. The van der Waals surface area contributed by atoms with Crippen molar-refractivity contribution in [3.63, 3.8) is 0 Å². The Labute approximate surface area is 253 Å². The van der Waals surface area contributed by atoms with Gasteiger partial charge < -0.3 is 9.47 Å². The molecular formula is C24H38N9O8PS. The van der Waals surface area contributed by atoms with Crippen LogP contribution in [0.2, 0.25) is 0 Å². The maximum atomic E-state index is 13.8. The second-order valence-electron chi connectivity index (χ2n) is 10.8. The Morgan fingerprint density at radius 2 is 1.95 bits per heavy atom. The molecule has 2 heterocycles. The van der Waals surface area contributed by atoms with E-state index >= 15 is 0 Å².